The molecule has 1 rings (SSSR count). The lowest BCUT2D eigenvalue weighted by molar-refractivity contribution is 0.204. The van der Waals surface area contributed by atoms with E-state index in [1.807, 2.05) is 18.4 Å². The van der Waals surface area contributed by atoms with Crippen molar-refractivity contribution < 1.29 is 10.2 Å². The van der Waals surface area contributed by atoms with E-state index in [9.17, 15) is 0 Å². The molecular formula is C11H14N2O2S. The number of hydrogen-bond acceptors (Lipinski definition) is 5. The van der Waals surface area contributed by atoms with Gasteiger partial charge < -0.3 is 15.5 Å². The molecule has 0 aliphatic rings. The Labute approximate surface area is 98.9 Å². The molecular weight excluding hydrogens is 224 g/mol. The molecule has 5 heteroatoms. The van der Waals surface area contributed by atoms with Crippen LogP contribution in [-0.4, -0.2) is 35.7 Å². The fraction of sp³-hybridized carbons (Fsp3) is 0.364. The van der Waals surface area contributed by atoms with Crippen LogP contribution in [0.5, 0.6) is 0 Å². The van der Waals surface area contributed by atoms with Gasteiger partial charge in [-0.3, -0.25) is 0 Å². The molecule has 0 bridgehead atoms. The number of hydrogen-bond donors (Lipinski definition) is 3. The minimum absolute atomic E-state index is 0.176. The first-order valence-electron chi connectivity index (χ1n) is 4.82. The van der Waals surface area contributed by atoms with Crippen molar-refractivity contribution in [3.05, 3.63) is 23.8 Å². The Bertz CT molecular complexity index is 386. The number of rotatable bonds is 5. The number of nitriles is 1. The van der Waals surface area contributed by atoms with Gasteiger partial charge in [-0.05, 0) is 18.4 Å². The van der Waals surface area contributed by atoms with Gasteiger partial charge in [-0.15, -0.1) is 11.8 Å². The standard InChI is InChI=1S/C11H14N2O2S/c1-16-11-4-2-3-10(9(11)5-12)13-8(6-14)7-15/h2-4,8,13-15H,6-7H2,1H3. The third-order valence-corrected chi connectivity index (χ3v) is 2.94. The SMILES string of the molecule is CSc1cccc(NC(CO)CO)c1C#N. The first kappa shape index (κ1) is 12.8. The lowest BCUT2D eigenvalue weighted by Crippen LogP contribution is -2.28. The zero-order chi connectivity index (χ0) is 12.0. The van der Waals surface area contributed by atoms with Gasteiger partial charge in [-0.25, -0.2) is 0 Å². The molecule has 0 radical (unpaired) electrons. The molecule has 0 spiro atoms. The molecule has 4 nitrogen and oxygen atoms in total. The van der Waals surface area contributed by atoms with E-state index in [-0.39, 0.29) is 13.2 Å². The maximum Gasteiger partial charge on any atom is 0.102 e. The second-order valence-electron chi connectivity index (χ2n) is 3.20. The van der Waals surface area contributed by atoms with Crippen LogP contribution < -0.4 is 5.32 Å². The van der Waals surface area contributed by atoms with E-state index in [1.165, 1.54) is 11.8 Å². The van der Waals surface area contributed by atoms with Gasteiger partial charge in [0.25, 0.3) is 0 Å². The van der Waals surface area contributed by atoms with Crippen LogP contribution in [0, 0.1) is 11.3 Å². The fourth-order valence-corrected chi connectivity index (χ4v) is 1.88. The summed E-state index contributed by atoms with van der Waals surface area (Å²) in [5.74, 6) is 0. The predicted molar refractivity (Wildman–Crippen MR) is 64.5 cm³/mol. The molecule has 0 atom stereocenters. The van der Waals surface area contributed by atoms with E-state index in [0.717, 1.165) is 4.90 Å². The molecule has 0 aliphatic heterocycles. The molecule has 0 aromatic heterocycles. The van der Waals surface area contributed by atoms with Crippen LogP contribution in [0.4, 0.5) is 5.69 Å². The van der Waals surface area contributed by atoms with Gasteiger partial charge in [0.1, 0.15) is 6.07 Å². The first-order valence-corrected chi connectivity index (χ1v) is 6.04. The Morgan fingerprint density at radius 2 is 2.12 bits per heavy atom. The number of nitrogens with zero attached hydrogens (tertiary/aromatic N) is 1. The summed E-state index contributed by atoms with van der Waals surface area (Å²) in [7, 11) is 0. The molecule has 86 valence electrons. The number of thioether (sulfide) groups is 1. The van der Waals surface area contributed by atoms with Gasteiger partial charge in [0.05, 0.1) is 30.5 Å². The summed E-state index contributed by atoms with van der Waals surface area (Å²) in [5.41, 5.74) is 1.18. The summed E-state index contributed by atoms with van der Waals surface area (Å²) < 4.78 is 0. The number of aliphatic hydroxyl groups excluding tert-OH is 2. The molecule has 0 fully saturated rings. The van der Waals surface area contributed by atoms with Gasteiger partial charge in [0.15, 0.2) is 0 Å². The van der Waals surface area contributed by atoms with Crippen molar-refractivity contribution in [2.75, 3.05) is 24.8 Å². The van der Waals surface area contributed by atoms with Crippen LogP contribution in [0.2, 0.25) is 0 Å². The Hall–Kier alpha value is -1.22. The van der Waals surface area contributed by atoms with Crippen molar-refractivity contribution in [3.63, 3.8) is 0 Å². The average Bonchev–Trinajstić information content (AvgIpc) is 2.35. The minimum atomic E-state index is -0.441. The summed E-state index contributed by atoms with van der Waals surface area (Å²) in [6, 6.07) is 7.14. The third kappa shape index (κ3) is 2.89. The molecule has 0 saturated heterocycles. The Morgan fingerprint density at radius 3 is 2.62 bits per heavy atom. The van der Waals surface area contributed by atoms with Gasteiger partial charge in [0, 0.05) is 4.90 Å². The van der Waals surface area contributed by atoms with E-state index < -0.39 is 6.04 Å². The fourth-order valence-electron chi connectivity index (χ4n) is 1.31. The summed E-state index contributed by atoms with van der Waals surface area (Å²) in [4.78, 5) is 0.877. The van der Waals surface area contributed by atoms with Gasteiger partial charge >= 0.3 is 0 Å². The average molecular weight is 238 g/mol. The van der Waals surface area contributed by atoms with Gasteiger partial charge in [-0.1, -0.05) is 6.07 Å². The minimum Gasteiger partial charge on any atom is -0.394 e. The number of aliphatic hydroxyl groups is 2. The van der Waals surface area contributed by atoms with Crippen molar-refractivity contribution in [2.45, 2.75) is 10.9 Å². The Kier molecular flexibility index (Phi) is 5.12. The highest BCUT2D eigenvalue weighted by atomic mass is 32.2. The summed E-state index contributed by atoms with van der Waals surface area (Å²) in [6.45, 7) is -0.351. The van der Waals surface area contributed by atoms with E-state index in [4.69, 9.17) is 15.5 Å². The van der Waals surface area contributed by atoms with E-state index in [1.54, 1.807) is 6.07 Å². The maximum absolute atomic E-state index is 9.06. The highest BCUT2D eigenvalue weighted by Crippen LogP contribution is 2.26. The van der Waals surface area contributed by atoms with Gasteiger partial charge in [-0.2, -0.15) is 5.26 Å². The summed E-state index contributed by atoms with van der Waals surface area (Å²) in [6.07, 6.45) is 1.90. The number of anilines is 1. The highest BCUT2D eigenvalue weighted by molar-refractivity contribution is 7.98. The molecule has 16 heavy (non-hydrogen) atoms. The number of nitrogens with one attached hydrogen (secondary N) is 1. The van der Waals surface area contributed by atoms with Crippen molar-refractivity contribution in [1.82, 2.24) is 0 Å². The largest absolute Gasteiger partial charge is 0.394 e. The van der Waals surface area contributed by atoms with Crippen molar-refractivity contribution in [1.29, 1.82) is 5.26 Å². The van der Waals surface area contributed by atoms with Crippen LogP contribution >= 0.6 is 11.8 Å². The maximum atomic E-state index is 9.06. The van der Waals surface area contributed by atoms with Crippen molar-refractivity contribution >= 4 is 17.4 Å². The van der Waals surface area contributed by atoms with Crippen LogP contribution in [-0.2, 0) is 0 Å². The highest BCUT2D eigenvalue weighted by Gasteiger charge is 2.11. The molecule has 0 heterocycles. The smallest absolute Gasteiger partial charge is 0.102 e. The predicted octanol–water partition coefficient (Wildman–Crippen LogP) is 1.05. The third-order valence-electron chi connectivity index (χ3n) is 2.16. The molecule has 0 unspecified atom stereocenters. The molecule has 1 aromatic rings. The molecule has 0 amide bonds. The lowest BCUT2D eigenvalue weighted by Gasteiger charge is -2.16. The van der Waals surface area contributed by atoms with E-state index in [2.05, 4.69) is 11.4 Å². The van der Waals surface area contributed by atoms with E-state index in [0.29, 0.717) is 11.3 Å². The van der Waals surface area contributed by atoms with E-state index >= 15 is 0 Å². The second kappa shape index (κ2) is 6.38. The zero-order valence-corrected chi connectivity index (χ0v) is 9.79. The molecule has 0 aliphatic carbocycles. The van der Waals surface area contributed by atoms with Crippen LogP contribution in [0.3, 0.4) is 0 Å². The molecule has 1 aromatic carbocycles. The van der Waals surface area contributed by atoms with Crippen LogP contribution in [0.25, 0.3) is 0 Å². The molecule has 0 saturated carbocycles. The lowest BCUT2D eigenvalue weighted by atomic mass is 10.1. The van der Waals surface area contributed by atoms with Crippen LogP contribution in [0.1, 0.15) is 5.56 Å². The quantitative estimate of drug-likeness (QED) is 0.668. The Balaban J connectivity index is 3.00. The second-order valence-corrected chi connectivity index (χ2v) is 4.05. The normalized spacial score (nSPS) is 10.2. The Morgan fingerprint density at radius 1 is 1.44 bits per heavy atom. The van der Waals surface area contributed by atoms with Crippen molar-refractivity contribution in [2.24, 2.45) is 0 Å². The summed E-state index contributed by atoms with van der Waals surface area (Å²) >= 11 is 1.49. The number of benzene rings is 1. The van der Waals surface area contributed by atoms with Crippen molar-refractivity contribution in [3.8, 4) is 6.07 Å². The molecule has 3 N–H and O–H groups in total. The van der Waals surface area contributed by atoms with Crippen LogP contribution in [0.15, 0.2) is 23.1 Å². The zero-order valence-electron chi connectivity index (χ0n) is 8.97. The van der Waals surface area contributed by atoms with Gasteiger partial charge in [0.2, 0.25) is 0 Å². The first-order chi connectivity index (χ1) is 7.76. The topological polar surface area (TPSA) is 76.3 Å². The monoisotopic (exact) mass is 238 g/mol. The summed E-state index contributed by atoms with van der Waals surface area (Å²) in [5, 5.41) is 29.9.